The third-order valence-electron chi connectivity index (χ3n) is 4.42. The standard InChI is InChI=1S/C20H12FN5S/c21-17-12(13-9-27-20-16(13)19(22)24-10-25-20)6-4-11-5-7-15(26-18(11)17)14-3-1-2-8-23-14/h1-10H,(H2,22,24,25). The Hall–Kier alpha value is -3.45. The molecule has 130 valence electrons. The summed E-state index contributed by atoms with van der Waals surface area (Å²) in [6, 6.07) is 12.8. The molecule has 0 aliphatic carbocycles. The van der Waals surface area contributed by atoms with Gasteiger partial charge in [-0.25, -0.2) is 19.3 Å². The lowest BCUT2D eigenvalue weighted by molar-refractivity contribution is 0.640. The number of halogens is 1. The van der Waals surface area contributed by atoms with Crippen LogP contribution in [-0.2, 0) is 0 Å². The molecule has 0 aliphatic rings. The Balaban J connectivity index is 1.75. The summed E-state index contributed by atoms with van der Waals surface area (Å²) in [7, 11) is 0. The van der Waals surface area contributed by atoms with Crippen LogP contribution in [0.4, 0.5) is 10.2 Å². The van der Waals surface area contributed by atoms with Crippen molar-refractivity contribution in [2.24, 2.45) is 0 Å². The van der Waals surface area contributed by atoms with Gasteiger partial charge in [-0.3, -0.25) is 4.98 Å². The maximum absolute atomic E-state index is 15.4. The molecule has 5 rings (SSSR count). The monoisotopic (exact) mass is 373 g/mol. The molecule has 0 spiro atoms. The Bertz CT molecular complexity index is 1300. The molecule has 0 saturated carbocycles. The molecular formula is C20H12FN5S. The number of rotatable bonds is 2. The van der Waals surface area contributed by atoms with Gasteiger partial charge in [0.2, 0.25) is 0 Å². The molecule has 7 heteroatoms. The maximum Gasteiger partial charge on any atom is 0.157 e. The SMILES string of the molecule is Nc1ncnc2scc(-c3ccc4ccc(-c5ccccn5)nc4c3F)c12. The lowest BCUT2D eigenvalue weighted by Crippen LogP contribution is -1.95. The summed E-state index contributed by atoms with van der Waals surface area (Å²) < 4.78 is 15.4. The van der Waals surface area contributed by atoms with E-state index in [1.807, 2.05) is 41.8 Å². The zero-order chi connectivity index (χ0) is 18.4. The average molecular weight is 373 g/mol. The van der Waals surface area contributed by atoms with E-state index in [4.69, 9.17) is 5.73 Å². The molecule has 5 nitrogen and oxygen atoms in total. The fourth-order valence-electron chi connectivity index (χ4n) is 3.12. The van der Waals surface area contributed by atoms with Crippen LogP contribution in [-0.4, -0.2) is 19.9 Å². The third-order valence-corrected chi connectivity index (χ3v) is 5.30. The van der Waals surface area contributed by atoms with Crippen molar-refractivity contribution in [3.05, 3.63) is 66.2 Å². The van der Waals surface area contributed by atoms with Gasteiger partial charge in [-0.15, -0.1) is 11.3 Å². The first-order valence-corrected chi connectivity index (χ1v) is 9.09. The van der Waals surface area contributed by atoms with E-state index < -0.39 is 5.82 Å². The minimum atomic E-state index is -0.395. The summed E-state index contributed by atoms with van der Waals surface area (Å²) in [5.41, 5.74) is 8.74. The van der Waals surface area contributed by atoms with Crippen LogP contribution in [0.3, 0.4) is 0 Å². The van der Waals surface area contributed by atoms with Gasteiger partial charge in [-0.1, -0.05) is 24.3 Å². The van der Waals surface area contributed by atoms with E-state index in [0.717, 1.165) is 10.2 Å². The quantitative estimate of drug-likeness (QED) is 0.486. The number of nitrogens with zero attached hydrogens (tertiary/aromatic N) is 4. The van der Waals surface area contributed by atoms with Gasteiger partial charge in [0.15, 0.2) is 5.82 Å². The highest BCUT2D eigenvalue weighted by molar-refractivity contribution is 7.17. The Labute approximate surface area is 157 Å². The molecule has 0 radical (unpaired) electrons. The van der Waals surface area contributed by atoms with Crippen LogP contribution in [0.1, 0.15) is 0 Å². The lowest BCUT2D eigenvalue weighted by Gasteiger charge is -2.08. The van der Waals surface area contributed by atoms with Gasteiger partial charge in [0.05, 0.1) is 16.8 Å². The predicted molar refractivity (Wildman–Crippen MR) is 106 cm³/mol. The zero-order valence-electron chi connectivity index (χ0n) is 13.9. The van der Waals surface area contributed by atoms with Crippen LogP contribution in [0.2, 0.25) is 0 Å². The van der Waals surface area contributed by atoms with Crippen molar-refractivity contribution in [1.82, 2.24) is 19.9 Å². The molecule has 0 unspecified atom stereocenters. The van der Waals surface area contributed by atoms with Crippen molar-refractivity contribution in [3.8, 4) is 22.5 Å². The highest BCUT2D eigenvalue weighted by Gasteiger charge is 2.17. The summed E-state index contributed by atoms with van der Waals surface area (Å²) in [4.78, 5) is 17.8. The summed E-state index contributed by atoms with van der Waals surface area (Å²) in [5.74, 6) is -0.0563. The third kappa shape index (κ3) is 2.51. The zero-order valence-corrected chi connectivity index (χ0v) is 14.7. The molecule has 0 aliphatic heterocycles. The van der Waals surface area contributed by atoms with Crippen LogP contribution < -0.4 is 5.73 Å². The van der Waals surface area contributed by atoms with E-state index in [-0.39, 0.29) is 0 Å². The number of nitrogens with two attached hydrogens (primary N) is 1. The maximum atomic E-state index is 15.4. The van der Waals surface area contributed by atoms with Crippen molar-refractivity contribution < 1.29 is 4.39 Å². The molecule has 4 heterocycles. The number of nitrogen functional groups attached to an aromatic ring is 1. The second kappa shape index (κ2) is 6.07. The Kier molecular flexibility index (Phi) is 3.54. The smallest absolute Gasteiger partial charge is 0.157 e. The Morgan fingerprint density at radius 1 is 0.889 bits per heavy atom. The highest BCUT2D eigenvalue weighted by Crippen LogP contribution is 2.38. The largest absolute Gasteiger partial charge is 0.383 e. The van der Waals surface area contributed by atoms with E-state index in [1.54, 1.807) is 12.3 Å². The number of thiophene rings is 1. The fourth-order valence-corrected chi connectivity index (χ4v) is 4.03. The first-order valence-electron chi connectivity index (χ1n) is 8.21. The number of hydrogen-bond donors (Lipinski definition) is 1. The minimum Gasteiger partial charge on any atom is -0.383 e. The van der Waals surface area contributed by atoms with Crippen molar-refractivity contribution >= 4 is 38.3 Å². The van der Waals surface area contributed by atoms with Crippen LogP contribution in [0.25, 0.3) is 43.6 Å². The number of anilines is 1. The van der Waals surface area contributed by atoms with Gasteiger partial charge in [-0.2, -0.15) is 0 Å². The van der Waals surface area contributed by atoms with E-state index in [9.17, 15) is 0 Å². The van der Waals surface area contributed by atoms with E-state index in [0.29, 0.717) is 39.2 Å². The van der Waals surface area contributed by atoms with E-state index in [1.165, 1.54) is 17.7 Å². The van der Waals surface area contributed by atoms with E-state index >= 15 is 4.39 Å². The molecule has 0 saturated heterocycles. The van der Waals surface area contributed by atoms with Gasteiger partial charge in [0.1, 0.15) is 22.5 Å². The van der Waals surface area contributed by atoms with Gasteiger partial charge < -0.3 is 5.73 Å². The van der Waals surface area contributed by atoms with Crippen LogP contribution in [0.15, 0.2) is 60.4 Å². The molecule has 0 amide bonds. The van der Waals surface area contributed by atoms with Crippen molar-refractivity contribution in [3.63, 3.8) is 0 Å². The number of fused-ring (bicyclic) bond motifs is 2. The van der Waals surface area contributed by atoms with Crippen molar-refractivity contribution in [2.45, 2.75) is 0 Å². The molecule has 0 bridgehead atoms. The summed E-state index contributed by atoms with van der Waals surface area (Å²) in [6.07, 6.45) is 3.10. The van der Waals surface area contributed by atoms with Crippen LogP contribution >= 0.6 is 11.3 Å². The molecule has 0 atom stereocenters. The van der Waals surface area contributed by atoms with Crippen molar-refractivity contribution in [1.29, 1.82) is 0 Å². The fraction of sp³-hybridized carbons (Fsp3) is 0. The van der Waals surface area contributed by atoms with Gasteiger partial charge >= 0.3 is 0 Å². The molecule has 5 aromatic rings. The first-order chi connectivity index (χ1) is 13.2. The molecule has 0 fully saturated rings. The molecule has 27 heavy (non-hydrogen) atoms. The van der Waals surface area contributed by atoms with Gasteiger partial charge in [-0.05, 0) is 18.2 Å². The van der Waals surface area contributed by atoms with Crippen LogP contribution in [0.5, 0.6) is 0 Å². The number of aromatic nitrogens is 4. The molecule has 2 N–H and O–H groups in total. The Morgan fingerprint density at radius 3 is 2.63 bits per heavy atom. The number of hydrogen-bond acceptors (Lipinski definition) is 6. The second-order valence-electron chi connectivity index (χ2n) is 6.00. The predicted octanol–water partition coefficient (Wildman–Crippen LogP) is 4.69. The topological polar surface area (TPSA) is 77.6 Å². The van der Waals surface area contributed by atoms with Crippen molar-refractivity contribution in [2.75, 3.05) is 5.73 Å². The molecular weight excluding hydrogens is 361 g/mol. The second-order valence-corrected chi connectivity index (χ2v) is 6.86. The normalized spacial score (nSPS) is 11.3. The van der Waals surface area contributed by atoms with Gasteiger partial charge in [0.25, 0.3) is 0 Å². The highest BCUT2D eigenvalue weighted by atomic mass is 32.1. The van der Waals surface area contributed by atoms with Crippen LogP contribution in [0, 0.1) is 5.82 Å². The summed E-state index contributed by atoms with van der Waals surface area (Å²) in [5, 5.41) is 3.24. The minimum absolute atomic E-state index is 0.297. The average Bonchev–Trinajstić information content (AvgIpc) is 3.14. The summed E-state index contributed by atoms with van der Waals surface area (Å²) in [6.45, 7) is 0. The van der Waals surface area contributed by atoms with Gasteiger partial charge in [0, 0.05) is 28.1 Å². The number of benzene rings is 1. The number of pyridine rings is 2. The lowest BCUT2D eigenvalue weighted by atomic mass is 10.0. The summed E-state index contributed by atoms with van der Waals surface area (Å²) >= 11 is 1.41. The van der Waals surface area contributed by atoms with E-state index in [2.05, 4.69) is 19.9 Å². The Morgan fingerprint density at radius 2 is 1.78 bits per heavy atom. The molecule has 4 aromatic heterocycles. The first kappa shape index (κ1) is 15.8. The molecule has 1 aromatic carbocycles.